The third kappa shape index (κ3) is 3.82. The van der Waals surface area contributed by atoms with E-state index in [1.165, 1.54) is 29.8 Å². The summed E-state index contributed by atoms with van der Waals surface area (Å²) in [4.78, 5) is 2.47. The quantitative estimate of drug-likeness (QED) is 0.772. The fourth-order valence-electron chi connectivity index (χ4n) is 3.66. The Hall–Kier alpha value is -1.76. The van der Waals surface area contributed by atoms with Crippen molar-refractivity contribution >= 4 is 10.0 Å². The van der Waals surface area contributed by atoms with Gasteiger partial charge >= 0.3 is 0 Å². The summed E-state index contributed by atoms with van der Waals surface area (Å²) < 4.78 is 40.7. The molecule has 2 aromatic rings. The second-order valence-corrected chi connectivity index (χ2v) is 8.58. The van der Waals surface area contributed by atoms with Gasteiger partial charge in [0.25, 0.3) is 0 Å². The number of nitrogens with zero attached hydrogens (tertiary/aromatic N) is 2. The van der Waals surface area contributed by atoms with Crippen molar-refractivity contribution in [3.05, 3.63) is 66.0 Å². The van der Waals surface area contributed by atoms with E-state index in [1.807, 2.05) is 25.1 Å². The summed E-state index contributed by atoms with van der Waals surface area (Å²) in [7, 11) is -3.63. The van der Waals surface area contributed by atoms with Gasteiger partial charge in [0.2, 0.25) is 10.0 Å². The van der Waals surface area contributed by atoms with Gasteiger partial charge in [-0.1, -0.05) is 37.3 Å². The lowest BCUT2D eigenvalue weighted by Crippen LogP contribution is -2.42. The van der Waals surface area contributed by atoms with Gasteiger partial charge in [0.15, 0.2) is 0 Å². The van der Waals surface area contributed by atoms with E-state index in [0.29, 0.717) is 13.1 Å². The summed E-state index contributed by atoms with van der Waals surface area (Å²) in [6.45, 7) is 5.96. The Kier molecular flexibility index (Phi) is 5.75. The topological polar surface area (TPSA) is 40.6 Å². The average molecular weight is 376 g/mol. The number of halogens is 1. The van der Waals surface area contributed by atoms with Crippen molar-refractivity contribution in [2.24, 2.45) is 0 Å². The third-order valence-corrected chi connectivity index (χ3v) is 7.21. The Morgan fingerprint density at radius 2 is 1.81 bits per heavy atom. The van der Waals surface area contributed by atoms with E-state index in [0.717, 1.165) is 13.0 Å². The summed E-state index contributed by atoms with van der Waals surface area (Å²) in [5.74, 6) is -0.435. The van der Waals surface area contributed by atoms with Gasteiger partial charge in [-0.15, -0.1) is 0 Å². The molecule has 1 heterocycles. The van der Waals surface area contributed by atoms with Crippen LogP contribution in [-0.2, 0) is 10.0 Å². The van der Waals surface area contributed by atoms with Crippen LogP contribution in [0.2, 0.25) is 0 Å². The van der Waals surface area contributed by atoms with Gasteiger partial charge in [-0.05, 0) is 43.2 Å². The molecule has 3 rings (SSSR count). The van der Waals surface area contributed by atoms with E-state index in [1.54, 1.807) is 4.31 Å². The normalized spacial score (nSPS) is 19.8. The van der Waals surface area contributed by atoms with Gasteiger partial charge in [0.1, 0.15) is 5.82 Å². The van der Waals surface area contributed by atoms with Gasteiger partial charge in [-0.2, -0.15) is 4.31 Å². The highest BCUT2D eigenvalue weighted by molar-refractivity contribution is 7.89. The maximum Gasteiger partial charge on any atom is 0.243 e. The van der Waals surface area contributed by atoms with Crippen molar-refractivity contribution in [1.82, 2.24) is 9.21 Å². The fraction of sp³-hybridized carbons (Fsp3) is 0.400. The zero-order valence-corrected chi connectivity index (χ0v) is 16.0. The monoisotopic (exact) mass is 376 g/mol. The van der Waals surface area contributed by atoms with Crippen LogP contribution >= 0.6 is 0 Å². The molecule has 1 aliphatic heterocycles. The molecular formula is C20H25FN2O2S. The van der Waals surface area contributed by atoms with Crippen molar-refractivity contribution in [3.63, 3.8) is 0 Å². The summed E-state index contributed by atoms with van der Waals surface area (Å²) in [6, 6.07) is 15.5. The molecule has 0 unspecified atom stereocenters. The Balaban J connectivity index is 1.76. The molecule has 1 fully saturated rings. The second kappa shape index (κ2) is 7.86. The molecule has 0 radical (unpaired) electrons. The first-order valence-corrected chi connectivity index (χ1v) is 10.4. The van der Waals surface area contributed by atoms with E-state index in [9.17, 15) is 12.8 Å². The molecule has 0 saturated carbocycles. The number of likely N-dealkylation sites (N-methyl/N-ethyl adjacent to an activating group) is 1. The summed E-state index contributed by atoms with van der Waals surface area (Å²) in [5.41, 5.74) is 1.23. The lowest BCUT2D eigenvalue weighted by molar-refractivity contribution is 0.239. The predicted molar refractivity (Wildman–Crippen MR) is 101 cm³/mol. The Bertz CT molecular complexity index is 825. The number of likely N-dealkylation sites (tertiary alicyclic amines) is 1. The Morgan fingerprint density at radius 3 is 2.42 bits per heavy atom. The number of hydrogen-bond donors (Lipinski definition) is 0. The molecule has 140 valence electrons. The zero-order chi connectivity index (χ0) is 18.7. The maximum atomic E-state index is 13.1. The zero-order valence-electron chi connectivity index (χ0n) is 15.2. The largest absolute Gasteiger partial charge is 0.295 e. The van der Waals surface area contributed by atoms with Crippen LogP contribution in [-0.4, -0.2) is 43.3 Å². The number of sulfonamides is 1. The van der Waals surface area contributed by atoms with Gasteiger partial charge in [-0.25, -0.2) is 12.8 Å². The minimum absolute atomic E-state index is 0.0683. The summed E-state index contributed by atoms with van der Waals surface area (Å²) in [5, 5.41) is 0. The Morgan fingerprint density at radius 1 is 1.15 bits per heavy atom. The minimum atomic E-state index is -3.63. The molecule has 1 saturated heterocycles. The average Bonchev–Trinajstić information content (AvgIpc) is 3.12. The van der Waals surface area contributed by atoms with Crippen molar-refractivity contribution < 1.29 is 12.8 Å². The van der Waals surface area contributed by atoms with Crippen LogP contribution in [0.1, 0.15) is 31.9 Å². The first-order valence-electron chi connectivity index (χ1n) is 9.00. The molecule has 6 heteroatoms. The smallest absolute Gasteiger partial charge is 0.243 e. The number of hydrogen-bond acceptors (Lipinski definition) is 3. The molecule has 2 aromatic carbocycles. The van der Waals surface area contributed by atoms with Crippen molar-refractivity contribution in [2.75, 3.05) is 19.6 Å². The molecule has 0 bridgehead atoms. The lowest BCUT2D eigenvalue weighted by Gasteiger charge is -2.29. The van der Waals surface area contributed by atoms with Crippen LogP contribution in [0.4, 0.5) is 4.39 Å². The Labute approximate surface area is 155 Å². The SMILES string of the molecule is CCN([C@H]1CCN([C@H](C)c2ccccc2)C1)S(=O)(=O)c1ccc(F)cc1. The van der Waals surface area contributed by atoms with E-state index in [-0.39, 0.29) is 17.0 Å². The van der Waals surface area contributed by atoms with Gasteiger partial charge in [0, 0.05) is 31.7 Å². The van der Waals surface area contributed by atoms with Crippen LogP contribution in [0.15, 0.2) is 59.5 Å². The first kappa shape index (κ1) is 19.0. The highest BCUT2D eigenvalue weighted by atomic mass is 32.2. The van der Waals surface area contributed by atoms with Gasteiger partial charge < -0.3 is 0 Å². The van der Waals surface area contributed by atoms with Crippen molar-refractivity contribution in [1.29, 1.82) is 0 Å². The molecule has 4 nitrogen and oxygen atoms in total. The van der Waals surface area contributed by atoms with Crippen LogP contribution in [0.25, 0.3) is 0 Å². The van der Waals surface area contributed by atoms with Crippen molar-refractivity contribution in [3.8, 4) is 0 Å². The molecule has 0 spiro atoms. The van der Waals surface area contributed by atoms with Gasteiger partial charge in [0.05, 0.1) is 4.90 Å². The van der Waals surface area contributed by atoms with Crippen LogP contribution in [0, 0.1) is 5.82 Å². The third-order valence-electron chi connectivity index (χ3n) is 5.16. The second-order valence-electron chi connectivity index (χ2n) is 6.69. The highest BCUT2D eigenvalue weighted by Gasteiger charge is 2.36. The summed E-state index contributed by atoms with van der Waals surface area (Å²) >= 11 is 0. The fourth-order valence-corrected chi connectivity index (χ4v) is 5.32. The molecule has 0 aliphatic carbocycles. The molecular weight excluding hydrogens is 351 g/mol. The van der Waals surface area contributed by atoms with Gasteiger partial charge in [-0.3, -0.25) is 4.90 Å². The molecule has 0 amide bonds. The molecule has 1 aliphatic rings. The van der Waals surface area contributed by atoms with Crippen LogP contribution in [0.5, 0.6) is 0 Å². The van der Waals surface area contributed by atoms with E-state index < -0.39 is 15.8 Å². The van der Waals surface area contributed by atoms with Crippen molar-refractivity contribution in [2.45, 2.75) is 37.2 Å². The summed E-state index contributed by atoms with van der Waals surface area (Å²) in [6.07, 6.45) is 0.797. The van der Waals surface area contributed by atoms with E-state index in [2.05, 4.69) is 24.0 Å². The van der Waals surface area contributed by atoms with Crippen LogP contribution < -0.4 is 0 Å². The minimum Gasteiger partial charge on any atom is -0.295 e. The molecule has 2 atom stereocenters. The molecule has 0 aromatic heterocycles. The standard InChI is InChI=1S/C20H25FN2O2S/c1-3-23(26(24,25)20-11-9-18(21)10-12-20)19-13-14-22(15-19)16(2)17-7-5-4-6-8-17/h4-12,16,19H,3,13-15H2,1-2H3/t16-,19+/m1/s1. The number of benzene rings is 2. The maximum absolute atomic E-state index is 13.1. The number of rotatable bonds is 6. The first-order chi connectivity index (χ1) is 12.4. The predicted octanol–water partition coefficient (Wildman–Crippen LogP) is 3.67. The molecule has 26 heavy (non-hydrogen) atoms. The van der Waals surface area contributed by atoms with E-state index >= 15 is 0 Å². The van der Waals surface area contributed by atoms with E-state index in [4.69, 9.17) is 0 Å². The van der Waals surface area contributed by atoms with Crippen LogP contribution in [0.3, 0.4) is 0 Å². The highest BCUT2D eigenvalue weighted by Crippen LogP contribution is 2.29. The molecule has 0 N–H and O–H groups in total. The lowest BCUT2D eigenvalue weighted by atomic mass is 10.1.